The van der Waals surface area contributed by atoms with Gasteiger partial charge in [0.15, 0.2) is 0 Å². The highest BCUT2D eigenvalue weighted by molar-refractivity contribution is 5.93. The molecule has 1 amide bonds. The van der Waals surface area contributed by atoms with Crippen LogP contribution in [0.15, 0.2) is 43.0 Å². The number of nitrogens with zero attached hydrogens (tertiary/aromatic N) is 7. The Kier molecular flexibility index (Phi) is 5.36. The standard InChI is InChI=1S/C26H30N8O2/c35-25(32-6-1-2-7-32)23-16-27-24-4-3-18(17-33(23)24)21-5-8-34-22(21)15-28-26(30-34)29-19-13-20(14-19)31-9-11-36-12-10-31/h3-5,8,15-17,19-20H,1-2,6-7,9-14H2,(H,29,30)/t19-,20-. The number of ether oxygens (including phenoxy) is 1. The summed E-state index contributed by atoms with van der Waals surface area (Å²) in [7, 11) is 0. The molecule has 0 atom stereocenters. The molecule has 3 aliphatic rings. The van der Waals surface area contributed by atoms with Gasteiger partial charge in [0.2, 0.25) is 5.95 Å². The van der Waals surface area contributed by atoms with Gasteiger partial charge in [-0.2, -0.15) is 0 Å². The summed E-state index contributed by atoms with van der Waals surface area (Å²) in [6.07, 6.45) is 11.9. The van der Waals surface area contributed by atoms with E-state index in [1.807, 2.05) is 50.6 Å². The van der Waals surface area contributed by atoms with Crippen LogP contribution in [-0.2, 0) is 4.74 Å². The minimum absolute atomic E-state index is 0.0461. The van der Waals surface area contributed by atoms with Crippen LogP contribution in [0.2, 0.25) is 0 Å². The van der Waals surface area contributed by atoms with Crippen molar-refractivity contribution in [2.45, 2.75) is 37.8 Å². The number of likely N-dealkylation sites (tertiary alicyclic amines) is 1. The van der Waals surface area contributed by atoms with E-state index in [0.717, 1.165) is 87.4 Å². The lowest BCUT2D eigenvalue weighted by Gasteiger charge is -2.44. The number of carbonyl (C=O) groups is 1. The zero-order valence-electron chi connectivity index (χ0n) is 20.2. The summed E-state index contributed by atoms with van der Waals surface area (Å²) in [5.74, 6) is 0.698. The van der Waals surface area contributed by atoms with E-state index < -0.39 is 0 Å². The Labute approximate surface area is 208 Å². The average Bonchev–Trinajstić information content (AvgIpc) is 3.65. The van der Waals surface area contributed by atoms with Gasteiger partial charge in [0, 0.05) is 61.8 Å². The summed E-state index contributed by atoms with van der Waals surface area (Å²) >= 11 is 0. The number of hydrogen-bond acceptors (Lipinski definition) is 7. The fraction of sp³-hybridized carbons (Fsp3) is 0.462. The van der Waals surface area contributed by atoms with Crippen molar-refractivity contribution >= 4 is 23.0 Å². The van der Waals surface area contributed by atoms with E-state index in [-0.39, 0.29) is 5.91 Å². The minimum atomic E-state index is 0.0461. The number of pyridine rings is 1. The maximum atomic E-state index is 13.0. The molecule has 186 valence electrons. The van der Waals surface area contributed by atoms with Crippen molar-refractivity contribution in [1.29, 1.82) is 0 Å². The van der Waals surface area contributed by atoms with Crippen LogP contribution in [0.25, 0.3) is 22.3 Å². The third-order valence-corrected chi connectivity index (χ3v) is 7.85. The number of amides is 1. The molecule has 0 spiro atoms. The van der Waals surface area contributed by atoms with Gasteiger partial charge in [-0.3, -0.25) is 14.1 Å². The quantitative estimate of drug-likeness (QED) is 0.464. The number of imidazole rings is 1. The van der Waals surface area contributed by atoms with Crippen molar-refractivity contribution in [1.82, 2.24) is 33.8 Å². The molecule has 10 nitrogen and oxygen atoms in total. The molecule has 2 aliphatic heterocycles. The van der Waals surface area contributed by atoms with Gasteiger partial charge < -0.3 is 15.0 Å². The molecule has 0 bridgehead atoms. The molecule has 4 aromatic rings. The van der Waals surface area contributed by atoms with Gasteiger partial charge in [-0.15, -0.1) is 5.10 Å². The van der Waals surface area contributed by atoms with E-state index in [9.17, 15) is 4.79 Å². The summed E-state index contributed by atoms with van der Waals surface area (Å²) in [6, 6.07) is 7.08. The Morgan fingerprint density at radius 2 is 1.83 bits per heavy atom. The first-order chi connectivity index (χ1) is 17.7. The van der Waals surface area contributed by atoms with E-state index in [0.29, 0.717) is 23.7 Å². The van der Waals surface area contributed by atoms with Crippen LogP contribution in [-0.4, -0.2) is 91.2 Å². The van der Waals surface area contributed by atoms with E-state index in [1.165, 1.54) is 0 Å². The first kappa shape index (κ1) is 21.8. The fourth-order valence-corrected chi connectivity index (χ4v) is 5.72. The second-order valence-electron chi connectivity index (χ2n) is 10.0. The van der Waals surface area contributed by atoms with Crippen LogP contribution in [0, 0.1) is 0 Å². The Morgan fingerprint density at radius 3 is 2.67 bits per heavy atom. The largest absolute Gasteiger partial charge is 0.379 e. The predicted octanol–water partition coefficient (Wildman–Crippen LogP) is 2.56. The second kappa shape index (κ2) is 8.86. The smallest absolute Gasteiger partial charge is 0.272 e. The van der Waals surface area contributed by atoms with Crippen LogP contribution in [0.5, 0.6) is 0 Å². The zero-order valence-corrected chi connectivity index (χ0v) is 20.2. The summed E-state index contributed by atoms with van der Waals surface area (Å²) in [5, 5.41) is 8.21. The lowest BCUT2D eigenvalue weighted by Crippen LogP contribution is -2.53. The highest BCUT2D eigenvalue weighted by Crippen LogP contribution is 2.30. The average molecular weight is 487 g/mol. The predicted molar refractivity (Wildman–Crippen MR) is 135 cm³/mol. The first-order valence-corrected chi connectivity index (χ1v) is 12.9. The van der Waals surface area contributed by atoms with Crippen LogP contribution in [0.4, 0.5) is 5.95 Å². The molecule has 0 aromatic carbocycles. The summed E-state index contributed by atoms with van der Waals surface area (Å²) in [6.45, 7) is 5.38. The number of carbonyl (C=O) groups excluding carboxylic acids is 1. The molecule has 1 aliphatic carbocycles. The molecular formula is C26H30N8O2. The molecule has 7 rings (SSSR count). The van der Waals surface area contributed by atoms with E-state index >= 15 is 0 Å². The summed E-state index contributed by atoms with van der Waals surface area (Å²) in [5.41, 5.74) is 4.31. The molecule has 36 heavy (non-hydrogen) atoms. The lowest BCUT2D eigenvalue weighted by atomic mass is 9.85. The first-order valence-electron chi connectivity index (χ1n) is 12.9. The van der Waals surface area contributed by atoms with Gasteiger partial charge >= 0.3 is 0 Å². The summed E-state index contributed by atoms with van der Waals surface area (Å²) in [4.78, 5) is 26.5. The molecule has 2 saturated heterocycles. The zero-order chi connectivity index (χ0) is 24.1. The molecule has 4 aromatic heterocycles. The fourth-order valence-electron chi connectivity index (χ4n) is 5.72. The Balaban J connectivity index is 1.10. The number of rotatable bonds is 5. The SMILES string of the molecule is O=C(c1cnc2ccc(-c3ccn4nc(N[C@H]5C[C@H](N6CCOCC6)C5)ncc34)cn12)N1CCCC1. The van der Waals surface area contributed by atoms with Gasteiger partial charge in [0.25, 0.3) is 5.91 Å². The monoisotopic (exact) mass is 486 g/mol. The molecular weight excluding hydrogens is 456 g/mol. The van der Waals surface area contributed by atoms with Crippen LogP contribution in [0.1, 0.15) is 36.2 Å². The number of morpholine rings is 1. The van der Waals surface area contributed by atoms with E-state index in [4.69, 9.17) is 9.84 Å². The highest BCUT2D eigenvalue weighted by atomic mass is 16.5. The van der Waals surface area contributed by atoms with Crippen molar-refractivity contribution in [3.05, 3.63) is 48.7 Å². The van der Waals surface area contributed by atoms with Crippen molar-refractivity contribution in [2.24, 2.45) is 0 Å². The maximum Gasteiger partial charge on any atom is 0.272 e. The molecule has 6 heterocycles. The van der Waals surface area contributed by atoms with Crippen molar-refractivity contribution in [3.8, 4) is 11.1 Å². The minimum Gasteiger partial charge on any atom is -0.379 e. The number of anilines is 1. The molecule has 10 heteroatoms. The Morgan fingerprint density at radius 1 is 1.00 bits per heavy atom. The highest BCUT2D eigenvalue weighted by Gasteiger charge is 2.34. The molecule has 1 N–H and O–H groups in total. The number of hydrogen-bond donors (Lipinski definition) is 1. The van der Waals surface area contributed by atoms with E-state index in [1.54, 1.807) is 6.20 Å². The van der Waals surface area contributed by atoms with E-state index in [2.05, 4.69) is 20.2 Å². The van der Waals surface area contributed by atoms with Crippen LogP contribution >= 0.6 is 0 Å². The van der Waals surface area contributed by atoms with Gasteiger partial charge in [0.1, 0.15) is 11.3 Å². The number of fused-ring (bicyclic) bond motifs is 2. The number of aromatic nitrogens is 5. The Hall–Kier alpha value is -3.50. The molecule has 3 fully saturated rings. The Bertz CT molecular complexity index is 1410. The maximum absolute atomic E-state index is 13.0. The summed E-state index contributed by atoms with van der Waals surface area (Å²) < 4.78 is 9.24. The normalized spacial score (nSPS) is 22.8. The van der Waals surface area contributed by atoms with Crippen LogP contribution < -0.4 is 5.32 Å². The third-order valence-electron chi connectivity index (χ3n) is 7.85. The lowest BCUT2D eigenvalue weighted by molar-refractivity contribution is -0.00443. The van der Waals surface area contributed by atoms with Crippen molar-refractivity contribution < 1.29 is 9.53 Å². The van der Waals surface area contributed by atoms with Crippen molar-refractivity contribution in [3.63, 3.8) is 0 Å². The molecule has 0 unspecified atom stereocenters. The third kappa shape index (κ3) is 3.81. The van der Waals surface area contributed by atoms with Gasteiger partial charge in [-0.1, -0.05) is 0 Å². The number of nitrogens with one attached hydrogen (secondary N) is 1. The van der Waals surface area contributed by atoms with Crippen LogP contribution in [0.3, 0.4) is 0 Å². The topological polar surface area (TPSA) is 92.3 Å². The van der Waals surface area contributed by atoms with Gasteiger partial charge in [-0.25, -0.2) is 14.5 Å². The van der Waals surface area contributed by atoms with Gasteiger partial charge in [0.05, 0.1) is 31.1 Å². The second-order valence-corrected chi connectivity index (χ2v) is 10.0. The van der Waals surface area contributed by atoms with Crippen molar-refractivity contribution in [2.75, 3.05) is 44.7 Å². The van der Waals surface area contributed by atoms with Gasteiger partial charge in [-0.05, 0) is 43.9 Å². The molecule has 0 radical (unpaired) electrons. The molecule has 1 saturated carbocycles.